The van der Waals surface area contributed by atoms with Crippen molar-refractivity contribution in [3.05, 3.63) is 42.2 Å². The molecule has 1 aromatic carbocycles. The topological polar surface area (TPSA) is 85.2 Å². The molecule has 2 aromatic heterocycles. The van der Waals surface area contributed by atoms with E-state index >= 15 is 0 Å². The molecule has 3 rings (SSSR count). The summed E-state index contributed by atoms with van der Waals surface area (Å²) in [5.41, 5.74) is 8.44. The van der Waals surface area contributed by atoms with Crippen molar-refractivity contribution in [1.29, 1.82) is 0 Å². The van der Waals surface area contributed by atoms with Crippen LogP contribution in [0.25, 0.3) is 5.65 Å². The fourth-order valence-electron chi connectivity index (χ4n) is 2.03. The Balaban J connectivity index is 2.13. The highest BCUT2D eigenvalue weighted by Gasteiger charge is 2.12. The Kier molecular flexibility index (Phi) is 2.81. The molecule has 96 valence electrons. The predicted octanol–water partition coefficient (Wildman–Crippen LogP) is 0.746. The molecule has 7 heteroatoms. The van der Waals surface area contributed by atoms with Crippen molar-refractivity contribution in [2.45, 2.75) is 6.54 Å². The molecular weight excluding hydrogens is 242 g/mol. The minimum absolute atomic E-state index is 0.472. The van der Waals surface area contributed by atoms with Gasteiger partial charge in [-0.05, 0) is 22.1 Å². The van der Waals surface area contributed by atoms with Gasteiger partial charge in [0, 0.05) is 19.3 Å². The number of rotatable bonds is 3. The molecule has 7 nitrogen and oxygen atoms in total. The maximum Gasteiger partial charge on any atom is 0.199 e. The Morgan fingerprint density at radius 2 is 2.11 bits per heavy atom. The minimum atomic E-state index is 0.472. The van der Waals surface area contributed by atoms with Crippen molar-refractivity contribution >= 4 is 17.2 Å². The van der Waals surface area contributed by atoms with Crippen LogP contribution in [0.4, 0.5) is 11.5 Å². The molecule has 0 spiro atoms. The molecule has 0 aliphatic heterocycles. The standard InChI is InChI=1S/C12H13N7/c1-18(10-5-3-2-4-9(10)6-13)12-8-14-7-11-15-16-17-19(11)12/h2-5,7-8H,6,13H2,1H3. The van der Waals surface area contributed by atoms with Crippen LogP contribution in [0.15, 0.2) is 36.7 Å². The summed E-state index contributed by atoms with van der Waals surface area (Å²) in [5, 5.41) is 11.5. The molecule has 0 bridgehead atoms. The van der Waals surface area contributed by atoms with Gasteiger partial charge in [-0.15, -0.1) is 5.10 Å². The first kappa shape index (κ1) is 11.5. The second-order valence-corrected chi connectivity index (χ2v) is 4.11. The Bertz CT molecular complexity index is 706. The highest BCUT2D eigenvalue weighted by Crippen LogP contribution is 2.25. The largest absolute Gasteiger partial charge is 0.328 e. The third-order valence-electron chi connectivity index (χ3n) is 3.01. The van der Waals surface area contributed by atoms with Crippen LogP contribution in [0.1, 0.15) is 5.56 Å². The second kappa shape index (κ2) is 4.62. The average Bonchev–Trinajstić information content (AvgIpc) is 2.94. The van der Waals surface area contributed by atoms with Crippen molar-refractivity contribution in [3.8, 4) is 0 Å². The van der Waals surface area contributed by atoms with Gasteiger partial charge in [-0.1, -0.05) is 18.2 Å². The quantitative estimate of drug-likeness (QED) is 0.743. The molecule has 0 unspecified atom stereocenters. The number of tetrazole rings is 1. The lowest BCUT2D eigenvalue weighted by Gasteiger charge is -2.21. The summed E-state index contributed by atoms with van der Waals surface area (Å²) in [6.07, 6.45) is 3.34. The molecule has 19 heavy (non-hydrogen) atoms. The van der Waals surface area contributed by atoms with Crippen LogP contribution in [0.3, 0.4) is 0 Å². The zero-order valence-electron chi connectivity index (χ0n) is 10.4. The first-order valence-electron chi connectivity index (χ1n) is 5.85. The molecule has 0 amide bonds. The van der Waals surface area contributed by atoms with Crippen LogP contribution >= 0.6 is 0 Å². The van der Waals surface area contributed by atoms with Gasteiger partial charge in [0.05, 0.1) is 12.4 Å². The molecule has 0 saturated heterocycles. The van der Waals surface area contributed by atoms with Crippen molar-refractivity contribution in [1.82, 2.24) is 25.0 Å². The molecule has 3 aromatic rings. The first-order valence-corrected chi connectivity index (χ1v) is 5.85. The minimum Gasteiger partial charge on any atom is -0.328 e. The maximum absolute atomic E-state index is 5.77. The predicted molar refractivity (Wildman–Crippen MR) is 71.0 cm³/mol. The molecule has 0 fully saturated rings. The van der Waals surface area contributed by atoms with Gasteiger partial charge in [0.1, 0.15) is 0 Å². The van der Waals surface area contributed by atoms with Crippen LogP contribution in [-0.2, 0) is 6.54 Å². The van der Waals surface area contributed by atoms with E-state index in [1.807, 2.05) is 36.2 Å². The fourth-order valence-corrected chi connectivity index (χ4v) is 2.03. The number of fused-ring (bicyclic) bond motifs is 1. The van der Waals surface area contributed by atoms with E-state index in [9.17, 15) is 0 Å². The van der Waals surface area contributed by atoms with E-state index in [4.69, 9.17) is 5.73 Å². The number of hydrogen-bond acceptors (Lipinski definition) is 6. The van der Waals surface area contributed by atoms with Crippen LogP contribution in [-0.4, -0.2) is 32.1 Å². The Hall–Kier alpha value is -2.54. The van der Waals surface area contributed by atoms with E-state index in [1.165, 1.54) is 0 Å². The van der Waals surface area contributed by atoms with Crippen LogP contribution in [0.5, 0.6) is 0 Å². The van der Waals surface area contributed by atoms with Crippen LogP contribution in [0.2, 0.25) is 0 Å². The van der Waals surface area contributed by atoms with E-state index in [2.05, 4.69) is 20.5 Å². The summed E-state index contributed by atoms with van der Waals surface area (Å²) >= 11 is 0. The monoisotopic (exact) mass is 255 g/mol. The molecule has 0 radical (unpaired) electrons. The van der Waals surface area contributed by atoms with Gasteiger partial charge in [-0.3, -0.25) is 4.98 Å². The molecular formula is C12H13N7. The number of benzene rings is 1. The Morgan fingerprint density at radius 1 is 1.26 bits per heavy atom. The van der Waals surface area contributed by atoms with E-state index < -0.39 is 0 Å². The lowest BCUT2D eigenvalue weighted by atomic mass is 10.1. The molecule has 0 saturated carbocycles. The smallest absolute Gasteiger partial charge is 0.199 e. The van der Waals surface area contributed by atoms with Gasteiger partial charge in [0.15, 0.2) is 11.5 Å². The van der Waals surface area contributed by atoms with Crippen molar-refractivity contribution in [3.63, 3.8) is 0 Å². The summed E-state index contributed by atoms with van der Waals surface area (Å²) < 4.78 is 1.64. The maximum atomic E-state index is 5.77. The van der Waals surface area contributed by atoms with Gasteiger partial charge in [0.2, 0.25) is 0 Å². The Labute approximate surface area is 109 Å². The Morgan fingerprint density at radius 3 is 2.95 bits per heavy atom. The fraction of sp³-hybridized carbons (Fsp3) is 0.167. The average molecular weight is 255 g/mol. The zero-order chi connectivity index (χ0) is 13.2. The molecule has 0 atom stereocenters. The van der Waals surface area contributed by atoms with Crippen molar-refractivity contribution < 1.29 is 0 Å². The summed E-state index contributed by atoms with van der Waals surface area (Å²) in [4.78, 5) is 6.12. The van der Waals surface area contributed by atoms with E-state index in [0.29, 0.717) is 12.2 Å². The van der Waals surface area contributed by atoms with Gasteiger partial charge >= 0.3 is 0 Å². The third-order valence-corrected chi connectivity index (χ3v) is 3.01. The molecule has 0 aliphatic carbocycles. The molecule has 0 aliphatic rings. The zero-order valence-corrected chi connectivity index (χ0v) is 10.4. The van der Waals surface area contributed by atoms with E-state index in [-0.39, 0.29) is 0 Å². The summed E-state index contributed by atoms with van der Waals surface area (Å²) in [6.45, 7) is 0.472. The molecule has 2 N–H and O–H groups in total. The molecule has 2 heterocycles. The van der Waals surface area contributed by atoms with E-state index in [1.54, 1.807) is 16.9 Å². The SMILES string of the molecule is CN(c1ccccc1CN)c1cncc2nnnn12. The second-order valence-electron chi connectivity index (χ2n) is 4.11. The summed E-state index contributed by atoms with van der Waals surface area (Å²) in [5.74, 6) is 0.781. The highest BCUT2D eigenvalue weighted by atomic mass is 15.5. The first-order chi connectivity index (χ1) is 9.31. The van der Waals surface area contributed by atoms with Gasteiger partial charge < -0.3 is 10.6 Å². The van der Waals surface area contributed by atoms with Crippen molar-refractivity contribution in [2.75, 3.05) is 11.9 Å². The highest BCUT2D eigenvalue weighted by molar-refractivity contribution is 5.64. The number of para-hydroxylation sites is 1. The van der Waals surface area contributed by atoms with Gasteiger partial charge in [0.25, 0.3) is 0 Å². The summed E-state index contributed by atoms with van der Waals surface area (Å²) in [6, 6.07) is 7.94. The number of anilines is 2. The summed E-state index contributed by atoms with van der Waals surface area (Å²) in [7, 11) is 1.94. The lowest BCUT2D eigenvalue weighted by molar-refractivity contribution is 0.812. The van der Waals surface area contributed by atoms with Gasteiger partial charge in [-0.25, -0.2) is 0 Å². The number of nitrogens with two attached hydrogens (primary N) is 1. The van der Waals surface area contributed by atoms with Crippen molar-refractivity contribution in [2.24, 2.45) is 5.73 Å². The third kappa shape index (κ3) is 1.89. The van der Waals surface area contributed by atoms with Crippen LogP contribution in [0, 0.1) is 0 Å². The number of nitrogens with zero attached hydrogens (tertiary/aromatic N) is 6. The van der Waals surface area contributed by atoms with Gasteiger partial charge in [-0.2, -0.15) is 4.52 Å². The lowest BCUT2D eigenvalue weighted by Crippen LogP contribution is -2.17. The number of aromatic nitrogens is 5. The van der Waals surface area contributed by atoms with E-state index in [0.717, 1.165) is 17.1 Å². The number of hydrogen-bond donors (Lipinski definition) is 1. The van der Waals surface area contributed by atoms with Crippen LogP contribution < -0.4 is 10.6 Å². The normalized spacial score (nSPS) is 10.8.